The van der Waals surface area contributed by atoms with Gasteiger partial charge in [-0.3, -0.25) is 53.0 Å². The molecule has 442 valence electrons. The Morgan fingerprint density at radius 3 is 0.952 bits per heavy atom. The Kier molecular flexibility index (Phi) is 22.1. The maximum Gasteiger partial charge on any atom is 0.318 e. The molecule has 27 heteroatoms. The van der Waals surface area contributed by atoms with Gasteiger partial charge in [-0.15, -0.1) is 0 Å². The number of nitrogens with one attached hydrogen (secondary N) is 9. The van der Waals surface area contributed by atoms with Crippen LogP contribution in [-0.2, 0) is 15.8 Å². The number of aliphatic carboxylic acids is 1. The van der Waals surface area contributed by atoms with Gasteiger partial charge in [0.2, 0.25) is 0 Å². The van der Waals surface area contributed by atoms with Crippen molar-refractivity contribution in [2.24, 2.45) is 11.8 Å². The van der Waals surface area contributed by atoms with E-state index in [0.717, 1.165) is 12.1 Å². The van der Waals surface area contributed by atoms with E-state index in [9.17, 15) is 72.9 Å². The number of carboxylic acid groups (broad SMARTS) is 1. The second-order valence-electron chi connectivity index (χ2n) is 19.7. The van der Waals surface area contributed by atoms with Crippen LogP contribution in [0.5, 0.6) is 23.0 Å². The minimum absolute atomic E-state index is 0.0133. The third-order valence-corrected chi connectivity index (χ3v) is 15.2. The van der Waals surface area contributed by atoms with Crippen LogP contribution in [0.15, 0.2) is 83.8 Å². The van der Waals surface area contributed by atoms with E-state index >= 15 is 0 Å². The Bertz CT molecular complexity index is 3090. The number of allylic oxidation sites excluding steroid dienone is 2. The standard InChI is InChI=1S/C56H67N11O15S/c68-44(69)32-65-83(82)35-30-42-48(73)43(31-35)56(81)64-23-27-67-26-22-63-54(79)41-9-3-6-38(47(41)72)51(76)59-18-14-34(15-19-60-55(42)80)11-10-33-12-16-57-49(74)36-4-1-7-39(45(36)70)52(77)61-20-24-66(28-29-67)25-21-62-53(78)40-8-2-5-37(46(40)71)50(75)58-17-13-33/h1-11,30-31,33-34,65,70-73H,12-29,32H2,(H,57,74)(H,58,75)(H,59,76)(H,60,80)(H,61,77)(H,62,78)(H,63,79)(H,64,81)(H,68,69)/b11-10+. The van der Waals surface area contributed by atoms with Gasteiger partial charge >= 0.3 is 5.97 Å². The van der Waals surface area contributed by atoms with Gasteiger partial charge in [-0.25, -0.2) is 8.93 Å². The number of benzene rings is 4. The largest absolute Gasteiger partial charge is 0.506 e. The molecule has 12 bridgehead atoms. The highest BCUT2D eigenvalue weighted by molar-refractivity contribution is 7.83. The number of carboxylic acids is 1. The molecule has 14 N–H and O–H groups in total. The first-order valence-electron chi connectivity index (χ1n) is 27.0. The summed E-state index contributed by atoms with van der Waals surface area (Å²) in [5.41, 5.74) is -1.95. The van der Waals surface area contributed by atoms with Gasteiger partial charge in [0.1, 0.15) is 40.5 Å². The minimum atomic E-state index is -2.29. The van der Waals surface area contributed by atoms with E-state index in [1.54, 1.807) is 6.08 Å². The summed E-state index contributed by atoms with van der Waals surface area (Å²) in [7, 11) is -2.29. The molecule has 4 aromatic rings. The van der Waals surface area contributed by atoms with Crippen LogP contribution in [0, 0.1) is 11.8 Å². The van der Waals surface area contributed by atoms with E-state index < -0.39 is 117 Å². The Morgan fingerprint density at radius 1 is 0.422 bits per heavy atom. The summed E-state index contributed by atoms with van der Waals surface area (Å²) < 4.78 is 15.7. The van der Waals surface area contributed by atoms with Gasteiger partial charge < -0.3 is 68.1 Å². The molecule has 0 radical (unpaired) electrons. The maximum atomic E-state index is 14.0. The highest BCUT2D eigenvalue weighted by Crippen LogP contribution is 2.29. The molecule has 8 amide bonds. The molecule has 26 nitrogen and oxygen atoms in total. The van der Waals surface area contributed by atoms with Crippen LogP contribution < -0.4 is 47.3 Å². The van der Waals surface area contributed by atoms with Crippen molar-refractivity contribution in [3.63, 3.8) is 0 Å². The summed E-state index contributed by atoms with van der Waals surface area (Å²) >= 11 is 0. The Hall–Kier alpha value is -8.92. The highest BCUT2D eigenvalue weighted by atomic mass is 32.2. The zero-order valence-electron chi connectivity index (χ0n) is 45.2. The predicted molar refractivity (Wildman–Crippen MR) is 301 cm³/mol. The highest BCUT2D eigenvalue weighted by Gasteiger charge is 2.27. The smallest absolute Gasteiger partial charge is 0.318 e. The summed E-state index contributed by atoms with van der Waals surface area (Å²) in [5, 5.41) is 76.9. The van der Waals surface area contributed by atoms with E-state index in [1.807, 2.05) is 15.9 Å². The van der Waals surface area contributed by atoms with E-state index in [-0.39, 0.29) is 156 Å². The molecule has 4 aliphatic heterocycles. The van der Waals surface area contributed by atoms with Crippen LogP contribution in [0.3, 0.4) is 0 Å². The van der Waals surface area contributed by atoms with Crippen molar-refractivity contribution in [1.29, 1.82) is 0 Å². The van der Waals surface area contributed by atoms with Crippen molar-refractivity contribution in [2.45, 2.75) is 30.6 Å². The van der Waals surface area contributed by atoms with Crippen LogP contribution in [-0.4, -0.2) is 191 Å². The number of phenols is 4. The summed E-state index contributed by atoms with van der Waals surface area (Å²) in [6.07, 6.45) is 4.41. The number of amides is 8. The molecule has 8 rings (SSSR count). The van der Waals surface area contributed by atoms with E-state index in [4.69, 9.17) is 0 Å². The Balaban J connectivity index is 1.33. The van der Waals surface area contributed by atoms with Gasteiger partial charge in [0.05, 0.1) is 49.4 Å². The third-order valence-electron chi connectivity index (χ3n) is 14.2. The molecule has 3 unspecified atom stereocenters. The number of para-hydroxylation sites is 3. The van der Waals surface area contributed by atoms with Gasteiger partial charge in [0, 0.05) is 91.6 Å². The number of carbonyl (C=O) groups excluding carboxylic acids is 8. The fraction of sp³-hybridized carbons (Fsp3) is 0.375. The van der Waals surface area contributed by atoms with Crippen LogP contribution >= 0.6 is 0 Å². The van der Waals surface area contributed by atoms with E-state index in [1.165, 1.54) is 54.6 Å². The quantitative estimate of drug-likeness (QED) is 0.121. The minimum Gasteiger partial charge on any atom is -0.506 e. The number of rotatable bonds is 4. The topological polar surface area (TPSA) is 387 Å². The van der Waals surface area contributed by atoms with Gasteiger partial charge in [0.25, 0.3) is 47.3 Å². The number of aromatic hydroxyl groups is 4. The van der Waals surface area contributed by atoms with Gasteiger partial charge in [-0.1, -0.05) is 30.4 Å². The van der Waals surface area contributed by atoms with Gasteiger partial charge in [-0.2, -0.15) is 0 Å². The fourth-order valence-corrected chi connectivity index (χ4v) is 10.4. The zero-order chi connectivity index (χ0) is 59.6. The number of nitrogens with zero attached hydrogens (tertiary/aromatic N) is 2. The second-order valence-corrected chi connectivity index (χ2v) is 21.0. The second kappa shape index (κ2) is 29.7. The van der Waals surface area contributed by atoms with Crippen molar-refractivity contribution in [3.05, 3.63) is 123 Å². The average molecular weight is 1170 g/mol. The lowest BCUT2D eigenvalue weighted by Gasteiger charge is -2.28. The number of hydrogen-bond acceptors (Lipinski definition) is 16. The van der Waals surface area contributed by atoms with Crippen molar-refractivity contribution < 1.29 is 72.9 Å². The van der Waals surface area contributed by atoms with E-state index in [2.05, 4.69) is 47.3 Å². The van der Waals surface area contributed by atoms with Crippen molar-refractivity contribution in [3.8, 4) is 23.0 Å². The van der Waals surface area contributed by atoms with Crippen molar-refractivity contribution >= 4 is 64.2 Å². The lowest BCUT2D eigenvalue weighted by molar-refractivity contribution is -0.135. The molecule has 4 heterocycles. The first-order valence-corrected chi connectivity index (χ1v) is 28.1. The zero-order valence-corrected chi connectivity index (χ0v) is 46.0. The van der Waals surface area contributed by atoms with Crippen molar-refractivity contribution in [1.82, 2.24) is 57.1 Å². The number of carbonyl (C=O) groups is 9. The van der Waals surface area contributed by atoms with Crippen LogP contribution in [0.4, 0.5) is 0 Å². The molecule has 0 spiro atoms. The number of phenolic OH excluding ortho intramolecular Hbond substituents is 4. The molecule has 4 aliphatic rings. The van der Waals surface area contributed by atoms with Crippen LogP contribution in [0.1, 0.15) is 109 Å². The summed E-state index contributed by atoms with van der Waals surface area (Å²) in [4.78, 5) is 125. The molecular weight excluding hydrogens is 1100 g/mol. The van der Waals surface area contributed by atoms with E-state index in [0.29, 0.717) is 0 Å². The number of hydrogen-bond donors (Lipinski definition) is 14. The Labute approximate surface area is 479 Å². The molecule has 0 saturated heterocycles. The maximum absolute atomic E-state index is 14.0. The normalized spacial score (nSPS) is 21.6. The van der Waals surface area contributed by atoms with Crippen LogP contribution in [0.25, 0.3) is 0 Å². The molecule has 0 saturated carbocycles. The molecule has 0 aliphatic carbocycles. The molecule has 4 aromatic carbocycles. The molecular formula is C56H67N11O15S. The van der Waals surface area contributed by atoms with Gasteiger partial charge in [-0.05, 0) is 86.1 Å². The predicted octanol–water partition coefficient (Wildman–Crippen LogP) is 0.139. The summed E-state index contributed by atoms with van der Waals surface area (Å²) in [6.45, 7) is -0.351. The molecule has 0 fully saturated rings. The van der Waals surface area contributed by atoms with Gasteiger partial charge in [0.15, 0.2) is 0 Å². The Morgan fingerprint density at radius 2 is 0.675 bits per heavy atom. The molecule has 3 atom stereocenters. The summed E-state index contributed by atoms with van der Waals surface area (Å²) in [6, 6.07) is 14.7. The number of fused-ring (bicyclic) bond motifs is 15. The van der Waals surface area contributed by atoms with Crippen LogP contribution in [0.2, 0.25) is 0 Å². The molecule has 83 heavy (non-hydrogen) atoms. The van der Waals surface area contributed by atoms with Crippen molar-refractivity contribution in [2.75, 3.05) is 98.2 Å². The summed E-state index contributed by atoms with van der Waals surface area (Å²) in [5.74, 6) is -10.6. The lowest BCUT2D eigenvalue weighted by atomic mass is 9.94. The SMILES string of the molecule is O=C(O)CNS(=O)c1cc2c(O)c(c1)C(=O)NCCN1CCNC(=O)c3cccc(c3O)C(=O)NCCC(/C=C/C3CCNC(=O)c4cccc(c4O)C(=O)NCCN(CCNC(=O)c4cccc(c4O)C(=O)NCC3)CC1)CCNC2=O. The first kappa shape index (κ1) is 61.7. The average Bonchev–Trinajstić information content (AvgIpc) is 3.61. The molecule has 0 aromatic heterocycles. The third kappa shape index (κ3) is 16.8. The monoisotopic (exact) mass is 1170 g/mol. The lowest BCUT2D eigenvalue weighted by Crippen LogP contribution is -2.46. The fourth-order valence-electron chi connectivity index (χ4n) is 9.50. The first-order chi connectivity index (χ1) is 39.9.